The molecule has 0 radical (unpaired) electrons. The van der Waals surface area contributed by atoms with Crippen LogP contribution in [0.1, 0.15) is 54.7 Å². The van der Waals surface area contributed by atoms with Crippen molar-refractivity contribution in [2.24, 2.45) is 0 Å². The molecule has 22 heavy (non-hydrogen) atoms. The summed E-state index contributed by atoms with van der Waals surface area (Å²) in [6.07, 6.45) is 0. The van der Waals surface area contributed by atoms with Gasteiger partial charge in [-0.25, -0.2) is 0 Å². The number of benzene rings is 2. The molecule has 2 aromatic carbocycles. The zero-order chi connectivity index (χ0) is 16.2. The first kappa shape index (κ1) is 14.0. The highest BCUT2D eigenvalue weighted by Gasteiger charge is 2.37. The predicted octanol–water partition coefficient (Wildman–Crippen LogP) is 2.38. The van der Waals surface area contributed by atoms with Gasteiger partial charge in [-0.1, -0.05) is 12.1 Å². The highest BCUT2D eigenvalue weighted by atomic mass is 16.3. The number of phenols is 2. The van der Waals surface area contributed by atoms with E-state index in [1.165, 1.54) is 31.2 Å². The molecule has 0 saturated carbocycles. The molecule has 2 aromatic rings. The molecule has 2 N–H and O–H groups in total. The van der Waals surface area contributed by atoms with E-state index in [9.17, 15) is 24.6 Å². The number of carbonyl (C=O) groups excluding carboxylic acids is 3. The van der Waals surface area contributed by atoms with Gasteiger partial charge in [0, 0.05) is 16.7 Å². The number of aromatic hydroxyl groups is 2. The van der Waals surface area contributed by atoms with Crippen molar-refractivity contribution in [3.63, 3.8) is 0 Å². The molecule has 0 spiro atoms. The van der Waals surface area contributed by atoms with E-state index >= 15 is 0 Å². The zero-order valence-corrected chi connectivity index (χ0v) is 11.9. The number of hydrogen-bond donors (Lipinski definition) is 2. The number of carbonyl (C=O) groups is 3. The van der Waals surface area contributed by atoms with Gasteiger partial charge in [-0.2, -0.15) is 0 Å². The molecule has 3 rings (SSSR count). The van der Waals surface area contributed by atoms with Gasteiger partial charge in [0.05, 0.1) is 11.1 Å². The third-order valence-corrected chi connectivity index (χ3v) is 3.82. The largest absolute Gasteiger partial charge is 0.507 e. The fourth-order valence-electron chi connectivity index (χ4n) is 2.94. The smallest absolute Gasteiger partial charge is 0.201 e. The Morgan fingerprint density at radius 2 is 1.64 bits per heavy atom. The lowest BCUT2D eigenvalue weighted by Crippen LogP contribution is -2.24. The molecular formula is C17H12O5. The molecular weight excluding hydrogens is 284 g/mol. The Kier molecular flexibility index (Phi) is 2.88. The second-order valence-corrected chi connectivity index (χ2v) is 5.25. The van der Waals surface area contributed by atoms with Crippen LogP contribution in [0.4, 0.5) is 0 Å². The molecule has 0 atom stereocenters. The maximum absolute atomic E-state index is 12.7. The van der Waals surface area contributed by atoms with Crippen molar-refractivity contribution in [3.8, 4) is 11.5 Å². The van der Waals surface area contributed by atoms with Crippen LogP contribution >= 0.6 is 0 Å². The van der Waals surface area contributed by atoms with E-state index in [1.54, 1.807) is 6.92 Å². The van der Waals surface area contributed by atoms with Crippen LogP contribution in [0, 0.1) is 6.92 Å². The first-order valence-corrected chi connectivity index (χ1v) is 6.63. The van der Waals surface area contributed by atoms with Gasteiger partial charge in [-0.3, -0.25) is 14.4 Å². The SMILES string of the molecule is CC(=O)c1c(C)cc(O)c2c1C(=O)c1cccc(O)c1C2=O. The minimum Gasteiger partial charge on any atom is -0.507 e. The van der Waals surface area contributed by atoms with E-state index in [0.717, 1.165) is 0 Å². The van der Waals surface area contributed by atoms with Crippen molar-refractivity contribution >= 4 is 17.3 Å². The van der Waals surface area contributed by atoms with Gasteiger partial charge < -0.3 is 10.2 Å². The van der Waals surface area contributed by atoms with Gasteiger partial charge in [-0.15, -0.1) is 0 Å². The number of ketones is 3. The highest BCUT2D eigenvalue weighted by Crippen LogP contribution is 2.39. The predicted molar refractivity (Wildman–Crippen MR) is 77.8 cm³/mol. The third-order valence-electron chi connectivity index (χ3n) is 3.82. The fourth-order valence-corrected chi connectivity index (χ4v) is 2.94. The Morgan fingerprint density at radius 3 is 2.27 bits per heavy atom. The Labute approximate surface area is 125 Å². The van der Waals surface area contributed by atoms with Crippen molar-refractivity contribution in [2.75, 3.05) is 0 Å². The lowest BCUT2D eigenvalue weighted by Gasteiger charge is -2.22. The number of rotatable bonds is 1. The topological polar surface area (TPSA) is 91.7 Å². The quantitative estimate of drug-likeness (QED) is 0.673. The number of fused-ring (bicyclic) bond motifs is 2. The molecule has 0 aromatic heterocycles. The molecule has 1 aliphatic carbocycles. The van der Waals surface area contributed by atoms with E-state index in [-0.39, 0.29) is 45.1 Å². The maximum Gasteiger partial charge on any atom is 0.201 e. The average Bonchev–Trinajstić information content (AvgIpc) is 2.43. The van der Waals surface area contributed by atoms with Crippen LogP contribution in [0.5, 0.6) is 11.5 Å². The summed E-state index contributed by atoms with van der Waals surface area (Å²) in [4.78, 5) is 37.2. The van der Waals surface area contributed by atoms with Gasteiger partial charge in [0.15, 0.2) is 11.6 Å². The number of aryl methyl sites for hydroxylation is 1. The molecule has 0 aliphatic heterocycles. The minimum atomic E-state index is -0.664. The highest BCUT2D eigenvalue weighted by molar-refractivity contribution is 6.32. The number of Topliss-reactive ketones (excluding diaryl/α,β-unsaturated/α-hetero) is 1. The summed E-state index contributed by atoms with van der Waals surface area (Å²) in [5, 5.41) is 20.0. The van der Waals surface area contributed by atoms with E-state index in [1.807, 2.05) is 0 Å². The zero-order valence-electron chi connectivity index (χ0n) is 11.9. The fraction of sp³-hybridized carbons (Fsp3) is 0.118. The Morgan fingerprint density at radius 1 is 0.955 bits per heavy atom. The second kappa shape index (κ2) is 4.53. The Balaban J connectivity index is 2.47. The van der Waals surface area contributed by atoms with Crippen molar-refractivity contribution in [2.45, 2.75) is 13.8 Å². The van der Waals surface area contributed by atoms with E-state index in [0.29, 0.717) is 5.56 Å². The summed E-state index contributed by atoms with van der Waals surface area (Å²) in [6.45, 7) is 2.89. The molecule has 0 bridgehead atoms. The molecule has 0 unspecified atom stereocenters. The Hall–Kier alpha value is -2.95. The first-order valence-electron chi connectivity index (χ1n) is 6.63. The van der Waals surface area contributed by atoms with Crippen molar-refractivity contribution < 1.29 is 24.6 Å². The molecule has 110 valence electrons. The summed E-state index contributed by atoms with van der Waals surface area (Å²) >= 11 is 0. The maximum atomic E-state index is 12.7. The third kappa shape index (κ3) is 1.69. The summed E-state index contributed by atoms with van der Waals surface area (Å²) in [6, 6.07) is 5.45. The normalized spacial score (nSPS) is 12.8. The second-order valence-electron chi connectivity index (χ2n) is 5.25. The van der Waals surface area contributed by atoms with Crippen molar-refractivity contribution in [3.05, 3.63) is 57.6 Å². The molecule has 0 heterocycles. The molecule has 0 fully saturated rings. The van der Waals surface area contributed by atoms with Crippen LogP contribution in [-0.2, 0) is 0 Å². The summed E-state index contributed by atoms with van der Waals surface area (Å²) in [7, 11) is 0. The van der Waals surface area contributed by atoms with E-state index in [2.05, 4.69) is 0 Å². The summed E-state index contributed by atoms with van der Waals surface area (Å²) in [5.41, 5.74) is 0.121. The molecule has 0 saturated heterocycles. The lowest BCUT2D eigenvalue weighted by atomic mass is 9.79. The van der Waals surface area contributed by atoms with Crippen LogP contribution in [0.15, 0.2) is 24.3 Å². The average molecular weight is 296 g/mol. The minimum absolute atomic E-state index is 0.0324. The molecule has 1 aliphatic rings. The van der Waals surface area contributed by atoms with Gasteiger partial charge >= 0.3 is 0 Å². The van der Waals surface area contributed by atoms with Gasteiger partial charge in [0.1, 0.15) is 11.5 Å². The van der Waals surface area contributed by atoms with E-state index in [4.69, 9.17) is 0 Å². The standard InChI is InChI=1S/C17H12O5/c1-7-6-11(20)14-15(12(7)8(2)18)16(21)9-4-3-5-10(19)13(9)17(14)22/h3-6,19-20H,1-2H3. The first-order chi connectivity index (χ1) is 10.3. The van der Waals surface area contributed by atoms with Crippen LogP contribution in [0.25, 0.3) is 0 Å². The van der Waals surface area contributed by atoms with Crippen molar-refractivity contribution in [1.29, 1.82) is 0 Å². The monoisotopic (exact) mass is 296 g/mol. The van der Waals surface area contributed by atoms with Crippen LogP contribution in [0.2, 0.25) is 0 Å². The number of phenolic OH excluding ortho intramolecular Hbond substituents is 2. The van der Waals surface area contributed by atoms with E-state index < -0.39 is 11.6 Å². The lowest BCUT2D eigenvalue weighted by molar-refractivity contribution is 0.0963. The molecule has 5 heteroatoms. The Bertz CT molecular complexity index is 877. The van der Waals surface area contributed by atoms with Gasteiger partial charge in [0.2, 0.25) is 5.78 Å². The van der Waals surface area contributed by atoms with Gasteiger partial charge in [-0.05, 0) is 31.5 Å². The van der Waals surface area contributed by atoms with Crippen LogP contribution < -0.4 is 0 Å². The molecule has 5 nitrogen and oxygen atoms in total. The summed E-state index contributed by atoms with van der Waals surface area (Å²) < 4.78 is 0. The van der Waals surface area contributed by atoms with Crippen molar-refractivity contribution in [1.82, 2.24) is 0 Å². The molecule has 0 amide bonds. The van der Waals surface area contributed by atoms with Gasteiger partial charge in [0.25, 0.3) is 0 Å². The summed E-state index contributed by atoms with van der Waals surface area (Å²) in [5.74, 6) is -2.28. The number of hydrogen-bond acceptors (Lipinski definition) is 5. The van der Waals surface area contributed by atoms with Crippen LogP contribution in [0.3, 0.4) is 0 Å². The van der Waals surface area contributed by atoms with Crippen LogP contribution in [-0.4, -0.2) is 27.6 Å².